The molecule has 5 heteroatoms. The van der Waals surface area contributed by atoms with Gasteiger partial charge in [0, 0.05) is 23.9 Å². The molecule has 0 bridgehead atoms. The van der Waals surface area contributed by atoms with E-state index in [-0.39, 0.29) is 0 Å². The molecule has 1 N–H and O–H groups in total. The molecule has 0 aliphatic carbocycles. The van der Waals surface area contributed by atoms with Crippen LogP contribution < -0.4 is 5.32 Å². The first-order chi connectivity index (χ1) is 9.11. The Morgan fingerprint density at radius 3 is 2.79 bits per heavy atom. The van der Waals surface area contributed by atoms with Gasteiger partial charge >= 0.3 is 0 Å². The number of nitrogens with zero attached hydrogens (tertiary/aromatic N) is 3. The van der Waals surface area contributed by atoms with Crippen molar-refractivity contribution in [2.75, 3.05) is 6.54 Å². The van der Waals surface area contributed by atoms with Crippen molar-refractivity contribution in [1.29, 1.82) is 0 Å². The zero-order chi connectivity index (χ0) is 13.8. The Morgan fingerprint density at radius 2 is 2.16 bits per heavy atom. The van der Waals surface area contributed by atoms with Gasteiger partial charge in [-0.05, 0) is 25.6 Å². The summed E-state index contributed by atoms with van der Waals surface area (Å²) in [5, 5.41) is 7.40. The summed E-state index contributed by atoms with van der Waals surface area (Å²) in [6, 6.07) is 4.48. The Hall–Kier alpha value is -1.62. The largest absolute Gasteiger partial charge is 0.341 e. The molecule has 19 heavy (non-hydrogen) atoms. The van der Waals surface area contributed by atoms with Gasteiger partial charge in [-0.3, -0.25) is 0 Å². The predicted molar refractivity (Wildman–Crippen MR) is 74.0 cm³/mol. The van der Waals surface area contributed by atoms with Crippen molar-refractivity contribution >= 4 is 0 Å². The second-order valence-electron chi connectivity index (χ2n) is 5.04. The molecule has 2 rings (SSSR count). The molecular weight excluding hydrogens is 240 g/mol. The number of rotatable bonds is 6. The quantitative estimate of drug-likeness (QED) is 0.869. The standard InChI is InChI=1S/C14H22N4O/c1-5-15-11(4)12-7-6-8-18(12)9-13-16-14(10(2)3)17-19-13/h6-8,10-11,15H,5,9H2,1-4H3. The Labute approximate surface area is 114 Å². The lowest BCUT2D eigenvalue weighted by atomic mass is 10.2. The van der Waals surface area contributed by atoms with Crippen LogP contribution in [0, 0.1) is 0 Å². The van der Waals surface area contributed by atoms with E-state index in [1.807, 2.05) is 12.3 Å². The van der Waals surface area contributed by atoms with Crippen molar-refractivity contribution in [3.63, 3.8) is 0 Å². The van der Waals surface area contributed by atoms with Crippen LogP contribution >= 0.6 is 0 Å². The average Bonchev–Trinajstić information content (AvgIpc) is 2.99. The van der Waals surface area contributed by atoms with E-state index in [9.17, 15) is 0 Å². The molecule has 0 spiro atoms. The molecule has 0 fully saturated rings. The number of nitrogens with one attached hydrogen (secondary N) is 1. The first-order valence-corrected chi connectivity index (χ1v) is 6.82. The topological polar surface area (TPSA) is 55.9 Å². The van der Waals surface area contributed by atoms with Gasteiger partial charge in [0.05, 0.1) is 0 Å². The lowest BCUT2D eigenvalue weighted by molar-refractivity contribution is 0.362. The normalized spacial score (nSPS) is 13.1. The first kappa shape index (κ1) is 13.8. The summed E-state index contributed by atoms with van der Waals surface area (Å²) < 4.78 is 7.44. The molecular formula is C14H22N4O. The van der Waals surface area contributed by atoms with E-state index in [4.69, 9.17) is 4.52 Å². The molecule has 2 aromatic rings. The third-order valence-corrected chi connectivity index (χ3v) is 3.12. The second-order valence-corrected chi connectivity index (χ2v) is 5.04. The monoisotopic (exact) mass is 262 g/mol. The molecule has 104 valence electrons. The smallest absolute Gasteiger partial charge is 0.246 e. The first-order valence-electron chi connectivity index (χ1n) is 6.82. The van der Waals surface area contributed by atoms with Crippen molar-refractivity contribution in [3.05, 3.63) is 35.7 Å². The highest BCUT2D eigenvalue weighted by Gasteiger charge is 2.13. The minimum absolute atomic E-state index is 0.294. The minimum Gasteiger partial charge on any atom is -0.341 e. The summed E-state index contributed by atoms with van der Waals surface area (Å²) >= 11 is 0. The maximum absolute atomic E-state index is 5.29. The van der Waals surface area contributed by atoms with E-state index in [2.05, 4.69) is 53.8 Å². The summed E-state index contributed by atoms with van der Waals surface area (Å²) in [7, 11) is 0. The zero-order valence-electron chi connectivity index (χ0n) is 12.1. The zero-order valence-corrected chi connectivity index (χ0v) is 12.1. The number of aromatic nitrogens is 3. The molecule has 1 atom stereocenters. The summed E-state index contributed by atoms with van der Waals surface area (Å²) in [6.07, 6.45) is 2.04. The van der Waals surface area contributed by atoms with Crippen molar-refractivity contribution < 1.29 is 4.52 Å². The van der Waals surface area contributed by atoms with Crippen molar-refractivity contribution in [3.8, 4) is 0 Å². The second kappa shape index (κ2) is 6.02. The van der Waals surface area contributed by atoms with Crippen LogP contribution in [0.15, 0.2) is 22.9 Å². The predicted octanol–water partition coefficient (Wildman–Crippen LogP) is 2.71. The van der Waals surface area contributed by atoms with Crippen LogP contribution in [0.3, 0.4) is 0 Å². The number of hydrogen-bond donors (Lipinski definition) is 1. The molecule has 0 saturated heterocycles. The van der Waals surface area contributed by atoms with Crippen molar-refractivity contribution in [2.24, 2.45) is 0 Å². The SMILES string of the molecule is CCNC(C)c1cccn1Cc1nc(C(C)C)no1. The van der Waals surface area contributed by atoms with Gasteiger partial charge in [-0.25, -0.2) is 0 Å². The molecule has 0 amide bonds. The summed E-state index contributed by atoms with van der Waals surface area (Å²) in [5.74, 6) is 1.72. The third kappa shape index (κ3) is 3.23. The number of hydrogen-bond acceptors (Lipinski definition) is 4. The Bertz CT molecular complexity index is 515. The van der Waals surface area contributed by atoms with E-state index in [0.29, 0.717) is 24.4 Å². The Kier molecular flexibility index (Phi) is 4.37. The molecule has 1 unspecified atom stereocenters. The fourth-order valence-corrected chi connectivity index (χ4v) is 2.09. The molecule has 0 aliphatic rings. The highest BCUT2D eigenvalue weighted by atomic mass is 16.5. The Morgan fingerprint density at radius 1 is 1.37 bits per heavy atom. The minimum atomic E-state index is 0.294. The average molecular weight is 262 g/mol. The molecule has 0 aromatic carbocycles. The van der Waals surface area contributed by atoms with E-state index in [0.717, 1.165) is 12.4 Å². The fraction of sp³-hybridized carbons (Fsp3) is 0.571. The van der Waals surface area contributed by atoms with Crippen molar-refractivity contribution in [2.45, 2.75) is 46.2 Å². The van der Waals surface area contributed by atoms with Crippen LogP contribution in [0.25, 0.3) is 0 Å². The van der Waals surface area contributed by atoms with Gasteiger partial charge in [0.25, 0.3) is 0 Å². The van der Waals surface area contributed by atoms with Crippen LogP contribution in [-0.2, 0) is 6.54 Å². The van der Waals surface area contributed by atoms with E-state index in [1.165, 1.54) is 5.69 Å². The fourth-order valence-electron chi connectivity index (χ4n) is 2.09. The van der Waals surface area contributed by atoms with Gasteiger partial charge in [0.1, 0.15) is 6.54 Å². The highest BCUT2D eigenvalue weighted by Crippen LogP contribution is 2.16. The van der Waals surface area contributed by atoms with Crippen LogP contribution in [0.1, 0.15) is 57.1 Å². The van der Waals surface area contributed by atoms with Crippen LogP contribution in [0.5, 0.6) is 0 Å². The van der Waals surface area contributed by atoms with E-state index < -0.39 is 0 Å². The highest BCUT2D eigenvalue weighted by molar-refractivity contribution is 5.12. The maximum atomic E-state index is 5.29. The van der Waals surface area contributed by atoms with Crippen molar-refractivity contribution in [1.82, 2.24) is 20.0 Å². The third-order valence-electron chi connectivity index (χ3n) is 3.12. The van der Waals surface area contributed by atoms with Gasteiger partial charge in [-0.1, -0.05) is 25.9 Å². The maximum Gasteiger partial charge on any atom is 0.246 e. The summed E-state index contributed by atoms with van der Waals surface area (Å²) in [6.45, 7) is 9.95. The molecule has 0 aliphatic heterocycles. The molecule has 0 radical (unpaired) electrons. The molecule has 2 aromatic heterocycles. The van der Waals surface area contributed by atoms with Crippen LogP contribution in [-0.4, -0.2) is 21.3 Å². The van der Waals surface area contributed by atoms with Gasteiger partial charge in [-0.15, -0.1) is 0 Å². The van der Waals surface area contributed by atoms with E-state index in [1.54, 1.807) is 0 Å². The Balaban J connectivity index is 2.12. The molecule has 0 saturated carbocycles. The molecule has 5 nitrogen and oxygen atoms in total. The van der Waals surface area contributed by atoms with Gasteiger partial charge in [0.2, 0.25) is 5.89 Å². The lowest BCUT2D eigenvalue weighted by Gasteiger charge is -2.15. The lowest BCUT2D eigenvalue weighted by Crippen LogP contribution is -2.20. The van der Waals surface area contributed by atoms with Crippen LogP contribution in [0.4, 0.5) is 0 Å². The van der Waals surface area contributed by atoms with Crippen LogP contribution in [0.2, 0.25) is 0 Å². The van der Waals surface area contributed by atoms with Gasteiger partial charge in [-0.2, -0.15) is 4.98 Å². The summed E-state index contributed by atoms with van der Waals surface area (Å²) in [4.78, 5) is 4.41. The summed E-state index contributed by atoms with van der Waals surface area (Å²) in [5.41, 5.74) is 1.23. The van der Waals surface area contributed by atoms with Gasteiger partial charge in [0.15, 0.2) is 5.82 Å². The van der Waals surface area contributed by atoms with Gasteiger partial charge < -0.3 is 14.4 Å². The molecule has 2 heterocycles. The van der Waals surface area contributed by atoms with E-state index >= 15 is 0 Å².